The predicted molar refractivity (Wildman–Crippen MR) is 58.2 cm³/mol. The van der Waals surface area contributed by atoms with Gasteiger partial charge in [-0.3, -0.25) is 0 Å². The average molecular weight is 376 g/mol. The maximum Gasteiger partial charge on any atom is 0.0482 e. The third kappa shape index (κ3) is 2.87. The molecule has 2 aromatic rings. The molecule has 0 aliphatic rings. The zero-order chi connectivity index (χ0) is 10.7. The number of hydrogen-bond donors (Lipinski definition) is 0. The van der Waals surface area contributed by atoms with Crippen LogP contribution in [-0.2, 0) is 27.5 Å². The van der Waals surface area contributed by atoms with E-state index in [0.29, 0.717) is 0 Å². The van der Waals surface area contributed by atoms with Crippen molar-refractivity contribution in [3.05, 3.63) is 23.8 Å². The fourth-order valence-corrected chi connectivity index (χ4v) is 1.36. The second-order valence-corrected chi connectivity index (χ2v) is 3.00. The van der Waals surface area contributed by atoms with Gasteiger partial charge in [-0.25, -0.2) is 0 Å². The van der Waals surface area contributed by atoms with E-state index >= 15 is 0 Å². The van der Waals surface area contributed by atoms with Gasteiger partial charge in [-0.05, 0) is 19.3 Å². The number of fused-ring (bicyclic) bond motifs is 1. The first-order valence-electron chi connectivity index (χ1n) is 4.86. The van der Waals surface area contributed by atoms with Gasteiger partial charge in [0, 0.05) is 38.9 Å². The van der Waals surface area contributed by atoms with Crippen LogP contribution in [-0.4, -0.2) is 14.5 Å². The normalized spacial score (nSPS) is 9.13. The predicted octanol–water partition coefficient (Wildman–Crippen LogP) is 2.41. The fourth-order valence-electron chi connectivity index (χ4n) is 1.36. The fraction of sp³-hybridized carbons (Fsp3) is 0.455. The molecular weight excluding hydrogens is 360 g/mol. The van der Waals surface area contributed by atoms with Crippen LogP contribution in [0.25, 0.3) is 11.0 Å². The van der Waals surface area contributed by atoms with Gasteiger partial charge in [-0.2, -0.15) is 0 Å². The molecule has 0 aliphatic heterocycles. The van der Waals surface area contributed by atoms with Gasteiger partial charge in [0.25, 0.3) is 0 Å². The maximum absolute atomic E-state index is 4.32. The number of rotatable bonds is 0. The molecular formula is C11H16N3Re-. The molecule has 83 valence electrons. The van der Waals surface area contributed by atoms with Gasteiger partial charge in [-0.1, -0.05) is 26.2 Å². The van der Waals surface area contributed by atoms with E-state index in [4.69, 9.17) is 0 Å². The molecule has 0 N–H and O–H groups in total. The smallest absolute Gasteiger partial charge is 0.0482 e. The average Bonchev–Trinajstić information content (AvgIpc) is 2.46. The molecule has 0 saturated heterocycles. The Labute approximate surface area is 105 Å². The first-order valence-corrected chi connectivity index (χ1v) is 4.86. The molecule has 4 heteroatoms. The Hall–Kier alpha value is -0.718. The van der Waals surface area contributed by atoms with Crippen molar-refractivity contribution in [1.82, 2.24) is 14.5 Å². The van der Waals surface area contributed by atoms with Crippen LogP contribution in [0, 0.1) is 20.0 Å². The largest absolute Gasteiger partial charge is 0.383 e. The standard InChI is InChI=1S/C9H10N3.C2H6.Re/c1-6-5-12(3)9-8(6)4-10-7(2)11-9;1-2;/h5H,1-3H3;1-2H3;/q-1;;. The maximum atomic E-state index is 4.32. The van der Waals surface area contributed by atoms with Crippen LogP contribution in [0.1, 0.15) is 25.2 Å². The second kappa shape index (κ2) is 5.99. The summed E-state index contributed by atoms with van der Waals surface area (Å²) < 4.78 is 2.00. The van der Waals surface area contributed by atoms with Crippen molar-refractivity contribution in [3.63, 3.8) is 0 Å². The van der Waals surface area contributed by atoms with Gasteiger partial charge in [-0.15, -0.1) is 5.56 Å². The molecule has 2 aromatic heterocycles. The SMILES string of the molecule is CC.Cc1n[c-]c2c(C)cn(C)c2n1.[Re]. The third-order valence-corrected chi connectivity index (χ3v) is 1.94. The summed E-state index contributed by atoms with van der Waals surface area (Å²) in [7, 11) is 1.98. The van der Waals surface area contributed by atoms with E-state index in [0.717, 1.165) is 16.9 Å². The molecule has 0 amide bonds. The van der Waals surface area contributed by atoms with Gasteiger partial charge in [0.15, 0.2) is 0 Å². The van der Waals surface area contributed by atoms with E-state index in [1.54, 1.807) is 0 Å². The number of aromatic nitrogens is 3. The Morgan fingerprint density at radius 1 is 1.27 bits per heavy atom. The summed E-state index contributed by atoms with van der Waals surface area (Å²) in [5, 5.41) is 1.02. The molecule has 0 unspecified atom stereocenters. The van der Waals surface area contributed by atoms with Crippen molar-refractivity contribution in [3.8, 4) is 0 Å². The number of hydrogen-bond acceptors (Lipinski definition) is 2. The van der Waals surface area contributed by atoms with Crippen molar-refractivity contribution in [2.75, 3.05) is 0 Å². The summed E-state index contributed by atoms with van der Waals surface area (Å²) in [6.07, 6.45) is 5.01. The summed E-state index contributed by atoms with van der Waals surface area (Å²) >= 11 is 0. The van der Waals surface area contributed by atoms with Crippen molar-refractivity contribution in [1.29, 1.82) is 0 Å². The van der Waals surface area contributed by atoms with Gasteiger partial charge in [0.1, 0.15) is 0 Å². The zero-order valence-corrected chi connectivity index (χ0v) is 12.5. The van der Waals surface area contributed by atoms with Crippen molar-refractivity contribution in [2.45, 2.75) is 27.7 Å². The molecule has 2 heterocycles. The molecule has 0 aromatic carbocycles. The quantitative estimate of drug-likeness (QED) is 0.661. The summed E-state index contributed by atoms with van der Waals surface area (Å²) in [6, 6.07) is 0. The van der Waals surface area contributed by atoms with Gasteiger partial charge < -0.3 is 14.5 Å². The van der Waals surface area contributed by atoms with E-state index in [9.17, 15) is 0 Å². The van der Waals surface area contributed by atoms with E-state index in [1.807, 2.05) is 45.5 Å². The van der Waals surface area contributed by atoms with E-state index < -0.39 is 0 Å². The van der Waals surface area contributed by atoms with Crippen molar-refractivity contribution in [2.24, 2.45) is 7.05 Å². The number of aryl methyl sites for hydroxylation is 3. The van der Waals surface area contributed by atoms with E-state index in [2.05, 4.69) is 16.2 Å². The molecule has 2 rings (SSSR count). The number of nitrogens with zero attached hydrogens (tertiary/aromatic N) is 3. The molecule has 3 nitrogen and oxygen atoms in total. The summed E-state index contributed by atoms with van der Waals surface area (Å²) in [6.45, 7) is 7.91. The van der Waals surface area contributed by atoms with Crippen molar-refractivity contribution >= 4 is 11.0 Å². The van der Waals surface area contributed by atoms with E-state index in [-0.39, 0.29) is 20.4 Å². The first-order chi connectivity index (χ1) is 6.68. The van der Waals surface area contributed by atoms with Crippen LogP contribution in [0.2, 0.25) is 0 Å². The van der Waals surface area contributed by atoms with Crippen LogP contribution >= 0.6 is 0 Å². The molecule has 0 aliphatic carbocycles. The molecule has 0 saturated carbocycles. The second-order valence-electron chi connectivity index (χ2n) is 3.00. The third-order valence-electron chi connectivity index (χ3n) is 1.94. The Morgan fingerprint density at radius 2 is 1.87 bits per heavy atom. The Morgan fingerprint density at radius 3 is 2.47 bits per heavy atom. The van der Waals surface area contributed by atoms with Crippen LogP contribution in [0.5, 0.6) is 0 Å². The van der Waals surface area contributed by atoms with Crippen LogP contribution in [0.15, 0.2) is 6.20 Å². The monoisotopic (exact) mass is 377 g/mol. The zero-order valence-electron chi connectivity index (χ0n) is 9.80. The minimum absolute atomic E-state index is 0. The molecule has 0 bridgehead atoms. The molecule has 0 spiro atoms. The Balaban J connectivity index is 0.000000617. The molecule has 0 fully saturated rings. The Kier molecular flexibility index (Phi) is 5.71. The van der Waals surface area contributed by atoms with Crippen LogP contribution in [0.3, 0.4) is 0 Å². The van der Waals surface area contributed by atoms with Crippen LogP contribution < -0.4 is 0 Å². The summed E-state index contributed by atoms with van der Waals surface area (Å²) in [5.41, 5.74) is 2.13. The van der Waals surface area contributed by atoms with Crippen LogP contribution in [0.4, 0.5) is 0 Å². The first kappa shape index (κ1) is 14.3. The van der Waals surface area contributed by atoms with Crippen molar-refractivity contribution < 1.29 is 20.4 Å². The summed E-state index contributed by atoms with van der Waals surface area (Å²) in [4.78, 5) is 8.35. The minimum atomic E-state index is 0. The molecule has 15 heavy (non-hydrogen) atoms. The summed E-state index contributed by atoms with van der Waals surface area (Å²) in [5.74, 6) is 0.767. The van der Waals surface area contributed by atoms with Gasteiger partial charge >= 0.3 is 0 Å². The topological polar surface area (TPSA) is 30.7 Å². The van der Waals surface area contributed by atoms with E-state index in [1.165, 1.54) is 5.56 Å². The van der Waals surface area contributed by atoms with Gasteiger partial charge in [0.2, 0.25) is 0 Å². The minimum Gasteiger partial charge on any atom is -0.383 e. The van der Waals surface area contributed by atoms with Gasteiger partial charge in [0.05, 0.1) is 0 Å². The Bertz CT molecular complexity index is 435. The molecule has 1 radical (unpaired) electrons. The molecule has 0 atom stereocenters.